The first-order valence-corrected chi connectivity index (χ1v) is 8.00. The summed E-state index contributed by atoms with van der Waals surface area (Å²) in [6.45, 7) is 4.46. The number of carbonyl (C=O) groups is 1. The molecule has 5 nitrogen and oxygen atoms in total. The molecule has 2 N–H and O–H groups in total. The first-order valence-electron chi connectivity index (χ1n) is 8.00. The maximum Gasteiger partial charge on any atom is 0.244 e. The molecule has 0 aliphatic carbocycles. The number of rotatable bonds is 7. The zero-order valence-electron chi connectivity index (χ0n) is 13.8. The molecule has 1 amide bonds. The van der Waals surface area contributed by atoms with Gasteiger partial charge in [0.15, 0.2) is 0 Å². The molecule has 0 bridgehead atoms. The van der Waals surface area contributed by atoms with Gasteiger partial charge >= 0.3 is 0 Å². The minimum absolute atomic E-state index is 0.0536. The number of ether oxygens (including phenoxy) is 1. The topological polar surface area (TPSA) is 53.6 Å². The first-order chi connectivity index (χ1) is 10.6. The number of hydrogen-bond donors (Lipinski definition) is 2. The number of amides is 1. The van der Waals surface area contributed by atoms with Crippen molar-refractivity contribution in [2.75, 3.05) is 39.1 Å². The Kier molecular flexibility index (Phi) is 5.80. The number of anilines is 1. The average Bonchev–Trinajstić information content (AvgIpc) is 2.97. The summed E-state index contributed by atoms with van der Waals surface area (Å²) in [5.41, 5.74) is 0.371. The highest BCUT2D eigenvalue weighted by Gasteiger charge is 2.39. The molecule has 0 radical (unpaired) electrons. The molecule has 1 aromatic carbocycles. The summed E-state index contributed by atoms with van der Waals surface area (Å²) in [6.07, 6.45) is 2.75. The van der Waals surface area contributed by atoms with E-state index in [2.05, 4.69) is 22.5 Å². The molecule has 1 heterocycles. The minimum atomic E-state index is -0.415. The van der Waals surface area contributed by atoms with Crippen molar-refractivity contribution in [3.05, 3.63) is 24.3 Å². The van der Waals surface area contributed by atoms with Gasteiger partial charge in [0.25, 0.3) is 0 Å². The first kappa shape index (κ1) is 16.8. The summed E-state index contributed by atoms with van der Waals surface area (Å²) < 4.78 is 5.71. The number of nitrogens with zero attached hydrogens (tertiary/aromatic N) is 1. The van der Waals surface area contributed by atoms with E-state index in [-0.39, 0.29) is 5.91 Å². The van der Waals surface area contributed by atoms with Crippen LogP contribution in [0.4, 0.5) is 5.69 Å². The molecule has 1 aliphatic rings. The third-order valence-electron chi connectivity index (χ3n) is 4.18. The van der Waals surface area contributed by atoms with Crippen LogP contribution in [-0.2, 0) is 4.79 Å². The van der Waals surface area contributed by atoms with E-state index in [0.29, 0.717) is 6.61 Å². The second kappa shape index (κ2) is 7.61. The van der Waals surface area contributed by atoms with Crippen LogP contribution in [0.1, 0.15) is 26.2 Å². The molecule has 2 rings (SSSR count). The number of hydrogen-bond acceptors (Lipinski definition) is 4. The Morgan fingerprint density at radius 1 is 1.45 bits per heavy atom. The minimum Gasteiger partial charge on any atom is -0.492 e. The van der Waals surface area contributed by atoms with Gasteiger partial charge in [0, 0.05) is 18.3 Å². The summed E-state index contributed by atoms with van der Waals surface area (Å²) in [4.78, 5) is 14.6. The quantitative estimate of drug-likeness (QED) is 0.810. The van der Waals surface area contributed by atoms with Crippen molar-refractivity contribution < 1.29 is 9.53 Å². The van der Waals surface area contributed by atoms with E-state index in [9.17, 15) is 4.79 Å². The molecular formula is C17H27N3O2. The fourth-order valence-corrected chi connectivity index (χ4v) is 2.72. The fourth-order valence-electron chi connectivity index (χ4n) is 2.72. The number of nitrogens with one attached hydrogen (secondary N) is 2. The van der Waals surface area contributed by atoms with E-state index in [1.807, 2.05) is 38.4 Å². The lowest BCUT2D eigenvalue weighted by Crippen LogP contribution is -2.50. The Balaban J connectivity index is 1.96. The van der Waals surface area contributed by atoms with Crippen LogP contribution in [0, 0.1) is 0 Å². The van der Waals surface area contributed by atoms with Crippen LogP contribution in [0.15, 0.2) is 24.3 Å². The molecule has 1 aromatic rings. The predicted molar refractivity (Wildman–Crippen MR) is 89.4 cm³/mol. The standard InChI is InChI=1S/C17H27N3O2/c1-4-17(9-6-10-18-17)16(21)19-14-7-5-8-15(13-14)22-12-11-20(2)3/h5,7-8,13,18H,4,6,9-12H2,1-3H3,(H,19,21). The molecule has 1 unspecified atom stereocenters. The lowest BCUT2D eigenvalue weighted by Gasteiger charge is -2.26. The van der Waals surface area contributed by atoms with Gasteiger partial charge < -0.3 is 20.3 Å². The van der Waals surface area contributed by atoms with Crippen molar-refractivity contribution in [3.63, 3.8) is 0 Å². The zero-order valence-corrected chi connectivity index (χ0v) is 13.8. The van der Waals surface area contributed by atoms with Crippen LogP contribution in [0.25, 0.3) is 0 Å². The monoisotopic (exact) mass is 305 g/mol. The highest BCUT2D eigenvalue weighted by Crippen LogP contribution is 2.26. The van der Waals surface area contributed by atoms with E-state index in [4.69, 9.17) is 4.74 Å². The SMILES string of the molecule is CCC1(C(=O)Nc2cccc(OCCN(C)C)c2)CCCN1. The van der Waals surface area contributed by atoms with Crippen LogP contribution in [0.3, 0.4) is 0 Å². The van der Waals surface area contributed by atoms with Crippen LogP contribution in [0.2, 0.25) is 0 Å². The van der Waals surface area contributed by atoms with Gasteiger partial charge in [-0.25, -0.2) is 0 Å². The van der Waals surface area contributed by atoms with Crippen molar-refractivity contribution in [2.24, 2.45) is 0 Å². The summed E-state index contributed by atoms with van der Waals surface area (Å²) in [5.74, 6) is 0.836. The second-order valence-electron chi connectivity index (χ2n) is 6.10. The molecule has 1 atom stereocenters. The molecule has 1 saturated heterocycles. The van der Waals surface area contributed by atoms with Crippen LogP contribution < -0.4 is 15.4 Å². The normalized spacial score (nSPS) is 21.1. The summed E-state index contributed by atoms with van der Waals surface area (Å²) >= 11 is 0. The third kappa shape index (κ3) is 4.21. The van der Waals surface area contributed by atoms with Crippen molar-refractivity contribution in [3.8, 4) is 5.75 Å². The molecular weight excluding hydrogens is 278 g/mol. The second-order valence-corrected chi connectivity index (χ2v) is 6.10. The molecule has 22 heavy (non-hydrogen) atoms. The average molecular weight is 305 g/mol. The molecule has 0 aromatic heterocycles. The van der Waals surface area contributed by atoms with Gasteiger partial charge in [-0.2, -0.15) is 0 Å². The summed E-state index contributed by atoms with van der Waals surface area (Å²) in [6, 6.07) is 7.59. The Morgan fingerprint density at radius 3 is 2.91 bits per heavy atom. The van der Waals surface area contributed by atoms with Crippen LogP contribution >= 0.6 is 0 Å². The summed E-state index contributed by atoms with van der Waals surface area (Å²) in [7, 11) is 4.03. The van der Waals surface area contributed by atoms with Gasteiger partial charge in [-0.3, -0.25) is 4.79 Å². The third-order valence-corrected chi connectivity index (χ3v) is 4.18. The van der Waals surface area contributed by atoms with Gasteiger partial charge in [-0.1, -0.05) is 13.0 Å². The van der Waals surface area contributed by atoms with Crippen molar-refractivity contribution in [2.45, 2.75) is 31.7 Å². The number of likely N-dealkylation sites (N-methyl/N-ethyl adjacent to an activating group) is 1. The van der Waals surface area contributed by atoms with E-state index in [1.165, 1.54) is 0 Å². The van der Waals surface area contributed by atoms with Crippen molar-refractivity contribution in [1.29, 1.82) is 0 Å². The van der Waals surface area contributed by atoms with Gasteiger partial charge in [0.2, 0.25) is 5.91 Å². The van der Waals surface area contributed by atoms with E-state index >= 15 is 0 Å². The smallest absolute Gasteiger partial charge is 0.244 e. The maximum atomic E-state index is 12.6. The molecule has 0 saturated carbocycles. The van der Waals surface area contributed by atoms with E-state index < -0.39 is 5.54 Å². The highest BCUT2D eigenvalue weighted by atomic mass is 16.5. The largest absolute Gasteiger partial charge is 0.492 e. The predicted octanol–water partition coefficient (Wildman–Crippen LogP) is 2.10. The molecule has 1 fully saturated rings. The van der Waals surface area contributed by atoms with Crippen LogP contribution in [0.5, 0.6) is 5.75 Å². The van der Waals surface area contributed by atoms with Gasteiger partial charge in [-0.05, 0) is 52.0 Å². The molecule has 5 heteroatoms. The Morgan fingerprint density at radius 2 is 2.27 bits per heavy atom. The highest BCUT2D eigenvalue weighted by molar-refractivity contribution is 5.98. The van der Waals surface area contributed by atoms with Crippen molar-refractivity contribution >= 4 is 11.6 Å². The van der Waals surface area contributed by atoms with Crippen LogP contribution in [-0.4, -0.2) is 50.1 Å². The van der Waals surface area contributed by atoms with E-state index in [0.717, 1.165) is 43.8 Å². The lowest BCUT2D eigenvalue weighted by atomic mass is 9.93. The molecule has 1 aliphatic heterocycles. The number of carbonyl (C=O) groups excluding carboxylic acids is 1. The fraction of sp³-hybridized carbons (Fsp3) is 0.588. The Labute approximate surface area is 133 Å². The zero-order chi connectivity index (χ0) is 16.0. The Hall–Kier alpha value is -1.59. The van der Waals surface area contributed by atoms with Gasteiger partial charge in [0.1, 0.15) is 12.4 Å². The molecule has 122 valence electrons. The van der Waals surface area contributed by atoms with Crippen molar-refractivity contribution in [1.82, 2.24) is 10.2 Å². The Bertz CT molecular complexity index is 496. The van der Waals surface area contributed by atoms with Gasteiger partial charge in [0.05, 0.1) is 5.54 Å². The molecule has 0 spiro atoms. The lowest BCUT2D eigenvalue weighted by molar-refractivity contribution is -0.122. The van der Waals surface area contributed by atoms with Gasteiger partial charge in [-0.15, -0.1) is 0 Å². The summed E-state index contributed by atoms with van der Waals surface area (Å²) in [5, 5.41) is 6.38. The maximum absolute atomic E-state index is 12.6. The van der Waals surface area contributed by atoms with E-state index in [1.54, 1.807) is 0 Å². The number of benzene rings is 1.